The standard InChI is InChI=1S/C31H35F3N2O6/c1-2-41-29(30(37)38)18-22-6-12-27(13-7-22)42-17-14-35-31(39)36(20-24-8-11-26(33)19-28(24)34)15-3-16-40-21-23-4-9-25(32)10-5-23/h4-13,19,29H,2-3,14-18,20-21H2,1H3,(H,35,39)(H,37,38). The molecule has 0 radical (unpaired) electrons. The monoisotopic (exact) mass is 588 g/mol. The molecule has 0 aliphatic heterocycles. The maximum absolute atomic E-state index is 14.3. The number of ether oxygens (including phenoxy) is 3. The van der Waals surface area contributed by atoms with Crippen LogP contribution in [0.1, 0.15) is 30.0 Å². The first-order chi connectivity index (χ1) is 20.2. The highest BCUT2D eigenvalue weighted by Gasteiger charge is 2.18. The lowest BCUT2D eigenvalue weighted by atomic mass is 10.1. The van der Waals surface area contributed by atoms with Gasteiger partial charge in [-0.1, -0.05) is 30.3 Å². The summed E-state index contributed by atoms with van der Waals surface area (Å²) < 4.78 is 57.3. The molecule has 42 heavy (non-hydrogen) atoms. The molecule has 11 heteroatoms. The summed E-state index contributed by atoms with van der Waals surface area (Å²) >= 11 is 0. The number of urea groups is 1. The summed E-state index contributed by atoms with van der Waals surface area (Å²) in [5, 5.41) is 12.0. The SMILES string of the molecule is CCOC(Cc1ccc(OCCNC(=O)N(CCCOCc2ccc(F)cc2)Cc2ccc(F)cc2F)cc1)C(=O)O. The number of aliphatic carboxylic acids is 1. The molecule has 0 fully saturated rings. The molecule has 226 valence electrons. The summed E-state index contributed by atoms with van der Waals surface area (Å²) in [6, 6.07) is 15.6. The van der Waals surface area contributed by atoms with E-state index in [4.69, 9.17) is 14.2 Å². The van der Waals surface area contributed by atoms with Crippen molar-refractivity contribution in [3.05, 3.63) is 101 Å². The third-order valence-electron chi connectivity index (χ3n) is 6.20. The second kappa shape index (κ2) is 17.0. The number of halogens is 3. The molecule has 1 atom stereocenters. The fourth-order valence-corrected chi connectivity index (χ4v) is 4.03. The van der Waals surface area contributed by atoms with E-state index in [9.17, 15) is 27.9 Å². The fourth-order valence-electron chi connectivity index (χ4n) is 4.03. The van der Waals surface area contributed by atoms with E-state index in [2.05, 4.69) is 5.32 Å². The maximum Gasteiger partial charge on any atom is 0.333 e. The van der Waals surface area contributed by atoms with E-state index < -0.39 is 29.7 Å². The predicted octanol–water partition coefficient (Wildman–Crippen LogP) is 5.33. The van der Waals surface area contributed by atoms with Crippen LogP contribution in [0.5, 0.6) is 5.75 Å². The molecule has 8 nitrogen and oxygen atoms in total. The van der Waals surface area contributed by atoms with Crippen LogP contribution in [0.4, 0.5) is 18.0 Å². The normalized spacial score (nSPS) is 11.6. The van der Waals surface area contributed by atoms with Gasteiger partial charge in [-0.25, -0.2) is 22.8 Å². The number of carbonyl (C=O) groups excluding carboxylic acids is 1. The molecule has 0 aromatic heterocycles. The minimum Gasteiger partial charge on any atom is -0.492 e. The highest BCUT2D eigenvalue weighted by atomic mass is 19.1. The summed E-state index contributed by atoms with van der Waals surface area (Å²) in [4.78, 5) is 25.6. The first kappa shape index (κ1) is 32.4. The van der Waals surface area contributed by atoms with Gasteiger partial charge < -0.3 is 29.5 Å². The van der Waals surface area contributed by atoms with Gasteiger partial charge in [0.1, 0.15) is 29.8 Å². The molecule has 3 rings (SSSR count). The lowest BCUT2D eigenvalue weighted by Gasteiger charge is -2.23. The molecule has 0 saturated heterocycles. The molecular weight excluding hydrogens is 553 g/mol. The summed E-state index contributed by atoms with van der Waals surface area (Å²) in [5.41, 5.74) is 1.76. The van der Waals surface area contributed by atoms with Crippen LogP contribution in [0.3, 0.4) is 0 Å². The molecule has 0 saturated carbocycles. The Morgan fingerprint density at radius 2 is 1.62 bits per heavy atom. The van der Waals surface area contributed by atoms with Crippen molar-refractivity contribution in [3.63, 3.8) is 0 Å². The van der Waals surface area contributed by atoms with Crippen LogP contribution in [-0.2, 0) is 33.8 Å². The smallest absolute Gasteiger partial charge is 0.333 e. The molecule has 0 aliphatic rings. The first-order valence-corrected chi connectivity index (χ1v) is 13.6. The number of carbonyl (C=O) groups is 2. The van der Waals surface area contributed by atoms with Crippen molar-refractivity contribution in [2.45, 2.75) is 39.0 Å². The number of nitrogens with one attached hydrogen (secondary N) is 1. The summed E-state index contributed by atoms with van der Waals surface area (Å²) in [5.74, 6) is -2.27. The van der Waals surface area contributed by atoms with Gasteiger partial charge in [0, 0.05) is 37.8 Å². The van der Waals surface area contributed by atoms with Crippen molar-refractivity contribution in [1.82, 2.24) is 10.2 Å². The van der Waals surface area contributed by atoms with E-state index in [1.54, 1.807) is 43.3 Å². The third kappa shape index (κ3) is 11.1. The topological polar surface area (TPSA) is 97.3 Å². The number of carboxylic acid groups (broad SMARTS) is 1. The van der Waals surface area contributed by atoms with Crippen LogP contribution in [0.15, 0.2) is 66.7 Å². The molecule has 0 bridgehead atoms. The Balaban J connectivity index is 1.47. The number of carboxylic acids is 1. The zero-order valence-corrected chi connectivity index (χ0v) is 23.4. The second-order valence-electron chi connectivity index (χ2n) is 9.40. The van der Waals surface area contributed by atoms with Crippen molar-refractivity contribution in [2.75, 3.05) is 32.9 Å². The molecule has 2 amide bonds. The van der Waals surface area contributed by atoms with Gasteiger partial charge in [0.05, 0.1) is 19.7 Å². The van der Waals surface area contributed by atoms with Gasteiger partial charge in [-0.3, -0.25) is 0 Å². The average molecular weight is 589 g/mol. The van der Waals surface area contributed by atoms with Crippen molar-refractivity contribution >= 4 is 12.0 Å². The quantitative estimate of drug-likeness (QED) is 0.207. The Hall–Kier alpha value is -4.09. The minimum absolute atomic E-state index is 0.0721. The van der Waals surface area contributed by atoms with E-state index in [-0.39, 0.29) is 50.6 Å². The van der Waals surface area contributed by atoms with Gasteiger partial charge in [0.25, 0.3) is 0 Å². The fraction of sp³-hybridized carbons (Fsp3) is 0.355. The first-order valence-electron chi connectivity index (χ1n) is 13.6. The Morgan fingerprint density at radius 3 is 2.29 bits per heavy atom. The van der Waals surface area contributed by atoms with Crippen LogP contribution >= 0.6 is 0 Å². The molecule has 1 unspecified atom stereocenters. The molecule has 0 aliphatic carbocycles. The second-order valence-corrected chi connectivity index (χ2v) is 9.40. The lowest BCUT2D eigenvalue weighted by molar-refractivity contribution is -0.149. The maximum atomic E-state index is 14.3. The van der Waals surface area contributed by atoms with Crippen LogP contribution in [-0.4, -0.2) is 61.0 Å². The van der Waals surface area contributed by atoms with Crippen LogP contribution in [0, 0.1) is 17.5 Å². The van der Waals surface area contributed by atoms with Crippen LogP contribution in [0.25, 0.3) is 0 Å². The van der Waals surface area contributed by atoms with Gasteiger partial charge >= 0.3 is 12.0 Å². The summed E-state index contributed by atoms with van der Waals surface area (Å²) in [6.07, 6.45) is -0.252. The highest BCUT2D eigenvalue weighted by Crippen LogP contribution is 2.15. The molecule has 2 N–H and O–H groups in total. The van der Waals surface area contributed by atoms with E-state index in [0.717, 1.165) is 23.3 Å². The summed E-state index contributed by atoms with van der Waals surface area (Å²) in [6.45, 7) is 3.11. The van der Waals surface area contributed by atoms with Gasteiger partial charge in [-0.2, -0.15) is 0 Å². The number of amides is 2. The number of hydrogen-bond donors (Lipinski definition) is 2. The van der Waals surface area contributed by atoms with Crippen molar-refractivity contribution in [3.8, 4) is 5.75 Å². The number of benzene rings is 3. The minimum atomic E-state index is -1.03. The Bertz CT molecular complexity index is 1270. The lowest BCUT2D eigenvalue weighted by Crippen LogP contribution is -2.42. The van der Waals surface area contributed by atoms with Crippen molar-refractivity contribution in [1.29, 1.82) is 0 Å². The van der Waals surface area contributed by atoms with Crippen LogP contribution in [0.2, 0.25) is 0 Å². The largest absolute Gasteiger partial charge is 0.492 e. The van der Waals surface area contributed by atoms with E-state index in [1.807, 2.05) is 0 Å². The number of nitrogens with zero attached hydrogens (tertiary/aromatic N) is 1. The van der Waals surface area contributed by atoms with E-state index in [1.165, 1.54) is 23.1 Å². The average Bonchev–Trinajstić information content (AvgIpc) is 2.97. The van der Waals surface area contributed by atoms with Gasteiger partial charge in [-0.05, 0) is 54.8 Å². The number of rotatable bonds is 17. The molecule has 3 aromatic rings. The van der Waals surface area contributed by atoms with Crippen molar-refractivity contribution < 1.29 is 42.1 Å². The summed E-state index contributed by atoms with van der Waals surface area (Å²) in [7, 11) is 0. The number of hydrogen-bond acceptors (Lipinski definition) is 5. The van der Waals surface area contributed by atoms with Gasteiger partial charge in [0.2, 0.25) is 0 Å². The third-order valence-corrected chi connectivity index (χ3v) is 6.20. The van der Waals surface area contributed by atoms with Gasteiger partial charge in [0.15, 0.2) is 6.10 Å². The Labute approximate surface area is 243 Å². The van der Waals surface area contributed by atoms with Gasteiger partial charge in [-0.15, -0.1) is 0 Å². The molecule has 0 spiro atoms. The zero-order valence-electron chi connectivity index (χ0n) is 23.4. The Kier molecular flexibility index (Phi) is 13.1. The predicted molar refractivity (Wildman–Crippen MR) is 150 cm³/mol. The molecular formula is C31H35F3N2O6. The zero-order chi connectivity index (χ0) is 30.3. The molecule has 0 heterocycles. The Morgan fingerprint density at radius 1 is 0.929 bits per heavy atom. The van der Waals surface area contributed by atoms with Crippen molar-refractivity contribution in [2.24, 2.45) is 0 Å². The van der Waals surface area contributed by atoms with Crippen LogP contribution < -0.4 is 10.1 Å². The van der Waals surface area contributed by atoms with E-state index >= 15 is 0 Å². The molecule has 3 aromatic carbocycles. The highest BCUT2D eigenvalue weighted by molar-refractivity contribution is 5.74. The van der Waals surface area contributed by atoms with E-state index in [0.29, 0.717) is 25.4 Å².